The minimum absolute atomic E-state index is 0.195. The van der Waals surface area contributed by atoms with E-state index in [1.165, 1.54) is 6.92 Å². The molecule has 0 bridgehead atoms. The van der Waals surface area contributed by atoms with Gasteiger partial charge in [0.1, 0.15) is 13.2 Å². The van der Waals surface area contributed by atoms with E-state index in [0.717, 1.165) is 16.8 Å². The zero-order chi connectivity index (χ0) is 17.4. The number of amides is 1. The van der Waals surface area contributed by atoms with Gasteiger partial charge < -0.3 is 14.8 Å². The van der Waals surface area contributed by atoms with E-state index in [1.54, 1.807) is 24.3 Å². The van der Waals surface area contributed by atoms with Crippen LogP contribution in [0.15, 0.2) is 48.5 Å². The third-order valence-electron chi connectivity index (χ3n) is 3.25. The van der Waals surface area contributed by atoms with Crippen molar-refractivity contribution in [2.24, 2.45) is 0 Å². The second-order valence-corrected chi connectivity index (χ2v) is 5.13. The van der Waals surface area contributed by atoms with Gasteiger partial charge >= 0.3 is 12.1 Å². The van der Waals surface area contributed by atoms with Gasteiger partial charge in [0.05, 0.1) is 0 Å². The molecule has 24 heavy (non-hydrogen) atoms. The quantitative estimate of drug-likeness (QED) is 0.793. The van der Waals surface area contributed by atoms with E-state index in [1.807, 2.05) is 31.3 Å². The molecule has 2 aromatic rings. The first kappa shape index (κ1) is 17.3. The molecule has 126 valence electrons. The Morgan fingerprint density at radius 1 is 0.833 bits per heavy atom. The molecule has 0 radical (unpaired) electrons. The first-order chi connectivity index (χ1) is 11.6. The molecular formula is C18H20N2O4. The summed E-state index contributed by atoms with van der Waals surface area (Å²) in [6, 6.07) is 14.6. The smallest absolute Gasteiger partial charge is 0.411 e. The van der Waals surface area contributed by atoms with Crippen molar-refractivity contribution in [1.82, 2.24) is 0 Å². The lowest BCUT2D eigenvalue weighted by atomic mass is 10.2. The van der Waals surface area contributed by atoms with Gasteiger partial charge in [-0.1, -0.05) is 24.3 Å². The molecular weight excluding hydrogens is 308 g/mol. The average molecular weight is 328 g/mol. The molecule has 0 saturated carbocycles. The minimum atomic E-state index is -0.527. The summed E-state index contributed by atoms with van der Waals surface area (Å²) in [4.78, 5) is 22.5. The maximum Gasteiger partial charge on any atom is 0.411 e. The van der Waals surface area contributed by atoms with Gasteiger partial charge in [-0.05, 0) is 35.4 Å². The van der Waals surface area contributed by atoms with Gasteiger partial charge in [0.25, 0.3) is 0 Å². The van der Waals surface area contributed by atoms with Crippen LogP contribution in [0.5, 0.6) is 0 Å². The van der Waals surface area contributed by atoms with Gasteiger partial charge in [0, 0.05) is 25.3 Å². The van der Waals surface area contributed by atoms with E-state index >= 15 is 0 Å². The average Bonchev–Trinajstić information content (AvgIpc) is 2.60. The van der Waals surface area contributed by atoms with E-state index in [2.05, 4.69) is 10.6 Å². The second kappa shape index (κ2) is 8.57. The Balaban J connectivity index is 1.79. The molecule has 0 unspecified atom stereocenters. The first-order valence-corrected chi connectivity index (χ1v) is 7.49. The highest BCUT2D eigenvalue weighted by Crippen LogP contribution is 2.12. The molecule has 0 aliphatic heterocycles. The van der Waals surface area contributed by atoms with Crippen LogP contribution >= 0.6 is 0 Å². The fourth-order valence-electron chi connectivity index (χ4n) is 1.94. The van der Waals surface area contributed by atoms with Crippen LogP contribution < -0.4 is 10.6 Å². The number of rotatable bonds is 6. The number of benzene rings is 2. The number of hydrogen-bond acceptors (Lipinski definition) is 5. The monoisotopic (exact) mass is 328 g/mol. The van der Waals surface area contributed by atoms with Crippen molar-refractivity contribution in [3.63, 3.8) is 0 Å². The molecule has 2 rings (SSSR count). The fourth-order valence-corrected chi connectivity index (χ4v) is 1.94. The molecule has 0 saturated heterocycles. The van der Waals surface area contributed by atoms with Crippen molar-refractivity contribution in [3.8, 4) is 0 Å². The predicted molar refractivity (Wildman–Crippen MR) is 91.7 cm³/mol. The molecule has 0 atom stereocenters. The van der Waals surface area contributed by atoms with E-state index < -0.39 is 6.09 Å². The summed E-state index contributed by atoms with van der Waals surface area (Å²) in [6.07, 6.45) is -0.527. The van der Waals surface area contributed by atoms with Gasteiger partial charge in [-0.3, -0.25) is 10.1 Å². The van der Waals surface area contributed by atoms with Crippen LogP contribution in [0.3, 0.4) is 0 Å². The highest BCUT2D eigenvalue weighted by Gasteiger charge is 2.04. The van der Waals surface area contributed by atoms with E-state index in [-0.39, 0.29) is 19.2 Å². The normalized spacial score (nSPS) is 9.92. The lowest BCUT2D eigenvalue weighted by Crippen LogP contribution is -2.13. The number of ether oxygens (including phenoxy) is 2. The van der Waals surface area contributed by atoms with Crippen molar-refractivity contribution in [2.45, 2.75) is 20.1 Å². The number of anilines is 2. The molecule has 0 heterocycles. The molecule has 0 fully saturated rings. The Hall–Kier alpha value is -3.02. The maximum absolute atomic E-state index is 11.8. The Labute approximate surface area is 140 Å². The first-order valence-electron chi connectivity index (χ1n) is 7.49. The third kappa shape index (κ3) is 5.64. The molecule has 0 aliphatic carbocycles. The van der Waals surface area contributed by atoms with Crippen molar-refractivity contribution < 1.29 is 19.1 Å². The standard InChI is InChI=1S/C18H20N2O4/c1-13(21)23-11-14-5-9-17(10-6-14)20-18(22)24-12-15-3-7-16(19-2)8-4-15/h3-10,19H,11-12H2,1-2H3,(H,20,22). The van der Waals surface area contributed by atoms with Crippen LogP contribution in [-0.2, 0) is 27.5 Å². The van der Waals surface area contributed by atoms with Crippen LogP contribution in [0, 0.1) is 0 Å². The topological polar surface area (TPSA) is 76.7 Å². The number of carbonyl (C=O) groups is 2. The second-order valence-electron chi connectivity index (χ2n) is 5.13. The van der Waals surface area contributed by atoms with Crippen molar-refractivity contribution in [2.75, 3.05) is 17.7 Å². The van der Waals surface area contributed by atoms with Gasteiger partial charge in [0.2, 0.25) is 0 Å². The molecule has 0 aromatic heterocycles. The Kier molecular flexibility index (Phi) is 6.19. The number of nitrogens with one attached hydrogen (secondary N) is 2. The SMILES string of the molecule is CNc1ccc(COC(=O)Nc2ccc(COC(C)=O)cc2)cc1. The largest absolute Gasteiger partial charge is 0.461 e. The van der Waals surface area contributed by atoms with Crippen molar-refractivity contribution in [3.05, 3.63) is 59.7 Å². The lowest BCUT2D eigenvalue weighted by Gasteiger charge is -2.08. The van der Waals surface area contributed by atoms with E-state index in [0.29, 0.717) is 5.69 Å². The molecule has 0 spiro atoms. The molecule has 6 nitrogen and oxygen atoms in total. The summed E-state index contributed by atoms with van der Waals surface area (Å²) in [7, 11) is 1.84. The van der Waals surface area contributed by atoms with Crippen LogP contribution in [0.25, 0.3) is 0 Å². The van der Waals surface area contributed by atoms with Gasteiger partial charge in [-0.25, -0.2) is 4.79 Å². The molecule has 6 heteroatoms. The van der Waals surface area contributed by atoms with Gasteiger partial charge in [0.15, 0.2) is 0 Å². The Bertz CT molecular complexity index is 681. The highest BCUT2D eigenvalue weighted by atomic mass is 16.5. The summed E-state index contributed by atoms with van der Waals surface area (Å²) in [6.45, 7) is 1.77. The number of carbonyl (C=O) groups excluding carboxylic acids is 2. The Morgan fingerprint density at radius 3 is 1.83 bits per heavy atom. The van der Waals surface area contributed by atoms with Gasteiger partial charge in [-0.15, -0.1) is 0 Å². The number of esters is 1. The molecule has 0 aliphatic rings. The summed E-state index contributed by atoms with van der Waals surface area (Å²) in [5, 5.41) is 5.67. The minimum Gasteiger partial charge on any atom is -0.461 e. The highest BCUT2D eigenvalue weighted by molar-refractivity contribution is 5.84. The summed E-state index contributed by atoms with van der Waals surface area (Å²) in [5.41, 5.74) is 3.35. The molecule has 2 N–H and O–H groups in total. The van der Waals surface area contributed by atoms with Crippen LogP contribution in [0.2, 0.25) is 0 Å². The van der Waals surface area contributed by atoms with Crippen molar-refractivity contribution >= 4 is 23.4 Å². The summed E-state index contributed by atoms with van der Waals surface area (Å²) < 4.78 is 10.1. The van der Waals surface area contributed by atoms with Crippen LogP contribution in [0.4, 0.5) is 16.2 Å². The van der Waals surface area contributed by atoms with Gasteiger partial charge in [-0.2, -0.15) is 0 Å². The zero-order valence-electron chi connectivity index (χ0n) is 13.7. The number of hydrogen-bond donors (Lipinski definition) is 2. The van der Waals surface area contributed by atoms with E-state index in [4.69, 9.17) is 9.47 Å². The Morgan fingerprint density at radius 2 is 1.33 bits per heavy atom. The molecule has 1 amide bonds. The molecule has 2 aromatic carbocycles. The van der Waals surface area contributed by atoms with Crippen LogP contribution in [-0.4, -0.2) is 19.1 Å². The van der Waals surface area contributed by atoms with E-state index in [9.17, 15) is 9.59 Å². The summed E-state index contributed by atoms with van der Waals surface area (Å²) in [5.74, 6) is -0.330. The van der Waals surface area contributed by atoms with Crippen molar-refractivity contribution in [1.29, 1.82) is 0 Å². The lowest BCUT2D eigenvalue weighted by molar-refractivity contribution is -0.142. The van der Waals surface area contributed by atoms with Crippen LogP contribution in [0.1, 0.15) is 18.1 Å². The third-order valence-corrected chi connectivity index (χ3v) is 3.25. The predicted octanol–water partition coefficient (Wildman–Crippen LogP) is 3.54. The summed E-state index contributed by atoms with van der Waals surface area (Å²) >= 11 is 0. The fraction of sp³-hybridized carbons (Fsp3) is 0.222. The zero-order valence-corrected chi connectivity index (χ0v) is 13.7. The maximum atomic E-state index is 11.8.